The van der Waals surface area contributed by atoms with E-state index in [9.17, 15) is 13.2 Å². The van der Waals surface area contributed by atoms with Gasteiger partial charge >= 0.3 is 6.13 Å². The SMILES string of the molecule is Fc1cc(O[P+](=S)SCCS)cc(F)c1F. The third-order valence-corrected chi connectivity index (χ3v) is 5.48. The topological polar surface area (TPSA) is 9.23 Å². The lowest BCUT2D eigenvalue weighted by Crippen LogP contribution is -1.91. The van der Waals surface area contributed by atoms with Crippen LogP contribution < -0.4 is 4.52 Å². The molecule has 0 saturated heterocycles. The highest BCUT2D eigenvalue weighted by Crippen LogP contribution is 2.40. The van der Waals surface area contributed by atoms with Gasteiger partial charge < -0.3 is 0 Å². The van der Waals surface area contributed by atoms with Gasteiger partial charge in [0.1, 0.15) is 11.4 Å². The quantitative estimate of drug-likeness (QED) is 0.502. The number of hydrogen-bond acceptors (Lipinski definition) is 4. The molecule has 0 saturated carbocycles. The third-order valence-electron chi connectivity index (χ3n) is 1.43. The highest BCUT2D eigenvalue weighted by molar-refractivity contribution is 8.62. The van der Waals surface area contributed by atoms with Crippen LogP contribution in [0.15, 0.2) is 12.1 Å². The van der Waals surface area contributed by atoms with E-state index < -0.39 is 23.6 Å². The van der Waals surface area contributed by atoms with Gasteiger partial charge in [-0.25, -0.2) is 13.2 Å². The summed E-state index contributed by atoms with van der Waals surface area (Å²) in [5.74, 6) is -2.85. The van der Waals surface area contributed by atoms with E-state index in [2.05, 4.69) is 12.6 Å². The number of rotatable bonds is 5. The molecule has 0 bridgehead atoms. The number of hydrogen-bond donors (Lipinski definition) is 1. The summed E-state index contributed by atoms with van der Waals surface area (Å²) < 4.78 is 43.3. The lowest BCUT2D eigenvalue weighted by Gasteiger charge is -1.97. The second-order valence-electron chi connectivity index (χ2n) is 2.57. The van der Waals surface area contributed by atoms with Crippen LogP contribution in [0.4, 0.5) is 13.2 Å². The molecule has 16 heavy (non-hydrogen) atoms. The Kier molecular flexibility index (Phi) is 5.89. The predicted molar refractivity (Wildman–Crippen MR) is 67.5 cm³/mol. The molecule has 0 fully saturated rings. The summed E-state index contributed by atoms with van der Waals surface area (Å²) in [5.41, 5.74) is 0. The summed E-state index contributed by atoms with van der Waals surface area (Å²) in [5, 5.41) is 0. The molecule has 0 radical (unpaired) electrons. The van der Waals surface area contributed by atoms with E-state index in [-0.39, 0.29) is 5.75 Å². The molecule has 0 spiro atoms. The molecular weight excluding hydrogens is 296 g/mol. The monoisotopic (exact) mass is 303 g/mol. The molecule has 1 aromatic carbocycles. The van der Waals surface area contributed by atoms with E-state index in [0.29, 0.717) is 11.5 Å². The average molecular weight is 303 g/mol. The zero-order chi connectivity index (χ0) is 12.1. The van der Waals surface area contributed by atoms with Crippen LogP contribution in [0.5, 0.6) is 5.75 Å². The fourth-order valence-electron chi connectivity index (χ4n) is 0.813. The largest absolute Gasteiger partial charge is 0.463 e. The van der Waals surface area contributed by atoms with Gasteiger partial charge in [-0.2, -0.15) is 12.6 Å². The molecule has 1 aromatic rings. The van der Waals surface area contributed by atoms with Gasteiger partial charge in [-0.1, -0.05) is 0 Å². The van der Waals surface area contributed by atoms with Crippen molar-refractivity contribution in [3.05, 3.63) is 29.6 Å². The van der Waals surface area contributed by atoms with Crippen molar-refractivity contribution in [3.8, 4) is 5.75 Å². The summed E-state index contributed by atoms with van der Waals surface area (Å²) in [6, 6.07) is 1.56. The van der Waals surface area contributed by atoms with E-state index >= 15 is 0 Å². The zero-order valence-electron chi connectivity index (χ0n) is 7.82. The second-order valence-corrected chi connectivity index (χ2v) is 7.77. The minimum absolute atomic E-state index is 0.0934. The molecule has 0 aromatic heterocycles. The average Bonchev–Trinajstić information content (AvgIpc) is 2.23. The number of thiol groups is 1. The molecule has 1 rings (SSSR count). The summed E-state index contributed by atoms with van der Waals surface area (Å²) in [7, 11) is 0. The number of halogens is 3. The fourth-order valence-corrected chi connectivity index (χ4v) is 4.15. The fraction of sp³-hybridized carbons (Fsp3) is 0.250. The van der Waals surface area contributed by atoms with Gasteiger partial charge in [0.05, 0.1) is 5.75 Å². The lowest BCUT2D eigenvalue weighted by molar-refractivity contribution is 0.440. The van der Waals surface area contributed by atoms with Crippen molar-refractivity contribution >= 4 is 41.9 Å². The van der Waals surface area contributed by atoms with Crippen LogP contribution in [0.3, 0.4) is 0 Å². The van der Waals surface area contributed by atoms with Gasteiger partial charge in [0.2, 0.25) is 11.8 Å². The smallest absolute Gasteiger partial charge is 0.265 e. The minimum Gasteiger partial charge on any atom is -0.265 e. The van der Waals surface area contributed by atoms with E-state index in [4.69, 9.17) is 16.3 Å². The standard InChI is InChI=1S/C8H6F3OPS3/c9-6-3-5(4-7(10)8(6)11)12-13(15)16-2-1-14/h3-4H,1-2H2/p+1. The van der Waals surface area contributed by atoms with Crippen LogP contribution in [0.2, 0.25) is 0 Å². The van der Waals surface area contributed by atoms with Crippen LogP contribution in [0.1, 0.15) is 0 Å². The van der Waals surface area contributed by atoms with E-state index in [0.717, 1.165) is 12.1 Å². The van der Waals surface area contributed by atoms with Crippen LogP contribution in [0, 0.1) is 17.5 Å². The Bertz CT molecular complexity index is 379. The Morgan fingerprint density at radius 2 is 1.88 bits per heavy atom. The maximum absolute atomic E-state index is 12.8. The summed E-state index contributed by atoms with van der Waals surface area (Å²) in [6.45, 7) is 0. The van der Waals surface area contributed by atoms with Crippen molar-refractivity contribution in [3.63, 3.8) is 0 Å². The Hall–Kier alpha value is 0.0300. The van der Waals surface area contributed by atoms with Gasteiger partial charge in [-0.15, -0.1) is 0 Å². The predicted octanol–water partition coefficient (Wildman–Crippen LogP) is 3.92. The normalized spacial score (nSPS) is 11.4. The Morgan fingerprint density at radius 3 is 2.38 bits per heavy atom. The third kappa shape index (κ3) is 4.13. The zero-order valence-corrected chi connectivity index (χ0v) is 11.2. The molecule has 8 heteroatoms. The minimum atomic E-state index is -1.51. The van der Waals surface area contributed by atoms with Gasteiger partial charge in [0, 0.05) is 17.9 Å². The number of benzene rings is 1. The molecule has 1 atom stereocenters. The van der Waals surface area contributed by atoms with Gasteiger partial charge in [0.25, 0.3) is 0 Å². The van der Waals surface area contributed by atoms with Crippen LogP contribution >= 0.6 is 30.1 Å². The van der Waals surface area contributed by atoms with E-state index in [1.807, 2.05) is 0 Å². The molecule has 0 heterocycles. The summed E-state index contributed by atoms with van der Waals surface area (Å²) in [4.78, 5) is 0. The molecule has 0 aliphatic carbocycles. The van der Waals surface area contributed by atoms with Crippen molar-refractivity contribution in [2.45, 2.75) is 0 Å². The first-order chi connectivity index (χ1) is 7.54. The van der Waals surface area contributed by atoms with Gasteiger partial charge in [-0.3, -0.25) is 4.52 Å². The van der Waals surface area contributed by atoms with Crippen molar-refractivity contribution in [2.75, 3.05) is 11.5 Å². The molecule has 88 valence electrons. The molecule has 0 amide bonds. The molecule has 0 aliphatic rings. The van der Waals surface area contributed by atoms with Gasteiger partial charge in [0.15, 0.2) is 23.2 Å². The van der Waals surface area contributed by atoms with Gasteiger partial charge in [-0.05, 0) is 0 Å². The van der Waals surface area contributed by atoms with Crippen LogP contribution in [-0.4, -0.2) is 11.5 Å². The molecular formula is C8H7F3OPS3+. The first kappa shape index (κ1) is 14.1. The maximum Gasteiger partial charge on any atom is 0.463 e. The van der Waals surface area contributed by atoms with Crippen molar-refractivity contribution in [1.29, 1.82) is 0 Å². The lowest BCUT2D eigenvalue weighted by atomic mass is 10.3. The Morgan fingerprint density at radius 1 is 1.31 bits per heavy atom. The van der Waals surface area contributed by atoms with Crippen molar-refractivity contribution < 1.29 is 17.7 Å². The molecule has 0 N–H and O–H groups in total. The first-order valence-electron chi connectivity index (χ1n) is 4.08. The van der Waals surface area contributed by atoms with Crippen LogP contribution in [-0.2, 0) is 11.8 Å². The Balaban J connectivity index is 2.71. The van der Waals surface area contributed by atoms with Crippen LogP contribution in [0.25, 0.3) is 0 Å². The first-order valence-corrected chi connectivity index (χ1v) is 8.57. The molecule has 1 nitrogen and oxygen atoms in total. The van der Waals surface area contributed by atoms with Crippen molar-refractivity contribution in [2.24, 2.45) is 0 Å². The van der Waals surface area contributed by atoms with E-state index in [1.165, 1.54) is 11.4 Å². The highest BCUT2D eigenvalue weighted by Gasteiger charge is 2.19. The summed E-state index contributed by atoms with van der Waals surface area (Å²) in [6.07, 6.45) is -1.30. The second kappa shape index (κ2) is 6.69. The molecule has 0 aliphatic heterocycles. The Labute approximate surface area is 106 Å². The molecule has 1 unspecified atom stereocenters. The van der Waals surface area contributed by atoms with Crippen molar-refractivity contribution in [1.82, 2.24) is 0 Å². The van der Waals surface area contributed by atoms with E-state index in [1.54, 1.807) is 0 Å². The summed E-state index contributed by atoms with van der Waals surface area (Å²) >= 11 is 10.3. The highest BCUT2D eigenvalue weighted by atomic mass is 32.9. The maximum atomic E-state index is 12.8.